The third-order valence-corrected chi connectivity index (χ3v) is 5.25. The number of para-hydroxylation sites is 1. The van der Waals surface area contributed by atoms with Gasteiger partial charge in [-0.25, -0.2) is 4.79 Å². The minimum atomic E-state index is -0.276. The lowest BCUT2D eigenvalue weighted by molar-refractivity contribution is 0.206. The van der Waals surface area contributed by atoms with Gasteiger partial charge in [0.25, 0.3) is 0 Å². The zero-order chi connectivity index (χ0) is 21.8. The standard InChI is InChI=1S/C26H24N2O3/c1-18-12-13-24-22(14-18)25(29)21(17-31-24)16-28(15-20-9-4-3-5-10-20)26(30)27-23-11-7-6-8-19(23)2/h3-14,17H,15-16H2,1-2H3,(H,27,30). The molecule has 0 aliphatic carbocycles. The van der Waals surface area contributed by atoms with Gasteiger partial charge in [0.15, 0.2) is 5.43 Å². The van der Waals surface area contributed by atoms with E-state index in [1.807, 2.05) is 80.6 Å². The molecule has 5 nitrogen and oxygen atoms in total. The van der Waals surface area contributed by atoms with Crippen molar-refractivity contribution in [1.82, 2.24) is 4.90 Å². The molecule has 4 aromatic rings. The first-order valence-corrected chi connectivity index (χ1v) is 10.2. The quantitative estimate of drug-likeness (QED) is 0.461. The molecule has 2 amide bonds. The Balaban J connectivity index is 1.66. The maximum Gasteiger partial charge on any atom is 0.322 e. The molecule has 156 valence electrons. The number of anilines is 1. The summed E-state index contributed by atoms with van der Waals surface area (Å²) in [4.78, 5) is 27.9. The Morgan fingerprint density at radius 3 is 2.45 bits per heavy atom. The van der Waals surface area contributed by atoms with Crippen molar-refractivity contribution in [3.63, 3.8) is 0 Å². The highest BCUT2D eigenvalue weighted by Gasteiger charge is 2.18. The summed E-state index contributed by atoms with van der Waals surface area (Å²) in [6.45, 7) is 4.38. The number of nitrogens with one attached hydrogen (secondary N) is 1. The Morgan fingerprint density at radius 1 is 0.935 bits per heavy atom. The number of carbonyl (C=O) groups is 1. The van der Waals surface area contributed by atoms with Crippen molar-refractivity contribution in [2.24, 2.45) is 0 Å². The van der Waals surface area contributed by atoms with Crippen molar-refractivity contribution in [3.05, 3.63) is 112 Å². The number of amides is 2. The SMILES string of the molecule is Cc1ccc2occ(CN(Cc3ccccc3)C(=O)Nc3ccccc3C)c(=O)c2c1. The number of hydrogen-bond donors (Lipinski definition) is 1. The van der Waals surface area contributed by atoms with Crippen LogP contribution in [0.3, 0.4) is 0 Å². The van der Waals surface area contributed by atoms with Crippen molar-refractivity contribution >= 4 is 22.7 Å². The number of nitrogens with zero attached hydrogens (tertiary/aromatic N) is 1. The van der Waals surface area contributed by atoms with E-state index in [2.05, 4.69) is 5.32 Å². The normalized spacial score (nSPS) is 10.8. The van der Waals surface area contributed by atoms with E-state index >= 15 is 0 Å². The fourth-order valence-electron chi connectivity index (χ4n) is 3.51. The molecular formula is C26H24N2O3. The Kier molecular flexibility index (Phi) is 5.85. The third kappa shape index (κ3) is 4.67. The van der Waals surface area contributed by atoms with Crippen LogP contribution in [0.1, 0.15) is 22.3 Å². The molecule has 0 saturated heterocycles. The summed E-state index contributed by atoms with van der Waals surface area (Å²) in [5, 5.41) is 3.50. The van der Waals surface area contributed by atoms with Crippen molar-refractivity contribution in [2.75, 3.05) is 5.32 Å². The smallest absolute Gasteiger partial charge is 0.322 e. The minimum Gasteiger partial charge on any atom is -0.464 e. The molecule has 1 heterocycles. The highest BCUT2D eigenvalue weighted by molar-refractivity contribution is 5.90. The average molecular weight is 412 g/mol. The molecule has 0 fully saturated rings. The van der Waals surface area contributed by atoms with Gasteiger partial charge in [-0.3, -0.25) is 4.79 Å². The van der Waals surface area contributed by atoms with Gasteiger partial charge in [-0.05, 0) is 43.2 Å². The second kappa shape index (κ2) is 8.88. The first-order chi connectivity index (χ1) is 15.0. The zero-order valence-electron chi connectivity index (χ0n) is 17.6. The van der Waals surface area contributed by atoms with E-state index in [-0.39, 0.29) is 18.0 Å². The molecule has 0 aliphatic rings. The van der Waals surface area contributed by atoms with E-state index in [1.165, 1.54) is 6.26 Å². The van der Waals surface area contributed by atoms with Crippen LogP contribution >= 0.6 is 0 Å². The molecule has 3 aromatic carbocycles. The second-order valence-corrected chi connectivity index (χ2v) is 7.68. The van der Waals surface area contributed by atoms with Gasteiger partial charge in [-0.15, -0.1) is 0 Å². The lowest BCUT2D eigenvalue weighted by Crippen LogP contribution is -2.35. The number of hydrogen-bond acceptors (Lipinski definition) is 3. The molecule has 0 spiro atoms. The van der Waals surface area contributed by atoms with Crippen LogP contribution in [0, 0.1) is 13.8 Å². The molecule has 4 rings (SSSR count). The lowest BCUT2D eigenvalue weighted by Gasteiger charge is -2.23. The Morgan fingerprint density at radius 2 is 1.68 bits per heavy atom. The molecule has 1 aromatic heterocycles. The summed E-state index contributed by atoms with van der Waals surface area (Å²) in [6.07, 6.45) is 1.46. The number of rotatable bonds is 5. The van der Waals surface area contributed by atoms with E-state index in [1.54, 1.807) is 11.0 Å². The minimum absolute atomic E-state index is 0.119. The van der Waals surface area contributed by atoms with Gasteiger partial charge >= 0.3 is 6.03 Å². The maximum atomic E-state index is 13.2. The molecule has 0 atom stereocenters. The van der Waals surface area contributed by atoms with Gasteiger partial charge in [0.1, 0.15) is 5.58 Å². The summed E-state index contributed by atoms with van der Waals surface area (Å²) >= 11 is 0. The Hall–Kier alpha value is -3.86. The van der Waals surface area contributed by atoms with Crippen LogP contribution in [-0.2, 0) is 13.1 Å². The van der Waals surface area contributed by atoms with E-state index in [0.29, 0.717) is 23.1 Å². The molecule has 5 heteroatoms. The van der Waals surface area contributed by atoms with E-state index in [9.17, 15) is 9.59 Å². The summed E-state index contributed by atoms with van der Waals surface area (Å²) in [6, 6.07) is 22.6. The maximum absolute atomic E-state index is 13.2. The predicted octanol–water partition coefficient (Wildman–Crippen LogP) is 5.64. The van der Waals surface area contributed by atoms with Gasteiger partial charge in [0, 0.05) is 12.2 Å². The summed E-state index contributed by atoms with van der Waals surface area (Å²) in [5.74, 6) is 0. The fraction of sp³-hybridized carbons (Fsp3) is 0.154. The van der Waals surface area contributed by atoms with Crippen molar-refractivity contribution < 1.29 is 9.21 Å². The monoisotopic (exact) mass is 412 g/mol. The first kappa shape index (κ1) is 20.4. The first-order valence-electron chi connectivity index (χ1n) is 10.2. The average Bonchev–Trinajstić information content (AvgIpc) is 2.77. The number of aryl methyl sites for hydroxylation is 2. The summed E-state index contributed by atoms with van der Waals surface area (Å²) < 4.78 is 5.69. The Labute approximate surface area is 180 Å². The second-order valence-electron chi connectivity index (χ2n) is 7.68. The van der Waals surface area contributed by atoms with Gasteiger partial charge < -0.3 is 14.6 Å². The number of benzene rings is 3. The molecule has 0 aliphatic heterocycles. The zero-order valence-corrected chi connectivity index (χ0v) is 17.6. The largest absolute Gasteiger partial charge is 0.464 e. The van der Waals surface area contributed by atoms with E-state index < -0.39 is 0 Å². The van der Waals surface area contributed by atoms with Crippen molar-refractivity contribution in [2.45, 2.75) is 26.9 Å². The van der Waals surface area contributed by atoms with Crippen LogP contribution in [0.2, 0.25) is 0 Å². The third-order valence-electron chi connectivity index (χ3n) is 5.25. The molecule has 0 radical (unpaired) electrons. The lowest BCUT2D eigenvalue weighted by atomic mass is 10.1. The fourth-order valence-corrected chi connectivity index (χ4v) is 3.51. The summed E-state index contributed by atoms with van der Waals surface area (Å²) in [7, 11) is 0. The molecule has 1 N–H and O–H groups in total. The summed E-state index contributed by atoms with van der Waals surface area (Å²) in [5.41, 5.74) is 4.53. The van der Waals surface area contributed by atoms with E-state index in [0.717, 1.165) is 22.4 Å². The van der Waals surface area contributed by atoms with Crippen LogP contribution in [0.5, 0.6) is 0 Å². The van der Waals surface area contributed by atoms with Gasteiger partial charge in [-0.1, -0.05) is 60.2 Å². The van der Waals surface area contributed by atoms with Crippen molar-refractivity contribution in [1.29, 1.82) is 0 Å². The number of fused-ring (bicyclic) bond motifs is 1. The van der Waals surface area contributed by atoms with E-state index in [4.69, 9.17) is 4.42 Å². The highest BCUT2D eigenvalue weighted by atomic mass is 16.3. The van der Waals surface area contributed by atoms with Crippen LogP contribution in [0.4, 0.5) is 10.5 Å². The molecular weight excluding hydrogens is 388 g/mol. The van der Waals surface area contributed by atoms with Crippen LogP contribution in [-0.4, -0.2) is 10.9 Å². The van der Waals surface area contributed by atoms with Gasteiger partial charge in [0.05, 0.1) is 23.8 Å². The van der Waals surface area contributed by atoms with Crippen LogP contribution in [0.25, 0.3) is 11.0 Å². The Bertz CT molecular complexity index is 1280. The predicted molar refractivity (Wildman–Crippen MR) is 123 cm³/mol. The number of carbonyl (C=O) groups excluding carboxylic acids is 1. The van der Waals surface area contributed by atoms with Gasteiger partial charge in [0.2, 0.25) is 0 Å². The molecule has 31 heavy (non-hydrogen) atoms. The molecule has 0 saturated carbocycles. The van der Waals surface area contributed by atoms with Crippen molar-refractivity contribution in [3.8, 4) is 0 Å². The van der Waals surface area contributed by atoms with Crippen LogP contribution < -0.4 is 10.7 Å². The molecule has 0 unspecified atom stereocenters. The number of urea groups is 1. The highest BCUT2D eigenvalue weighted by Crippen LogP contribution is 2.18. The van der Waals surface area contributed by atoms with Gasteiger partial charge in [-0.2, -0.15) is 0 Å². The van der Waals surface area contributed by atoms with Crippen LogP contribution in [0.15, 0.2) is 88.3 Å². The topological polar surface area (TPSA) is 62.6 Å². The molecule has 0 bridgehead atoms.